The molecule has 0 aliphatic heterocycles. The molecular formula is C9H14N4S. The van der Waals surface area contributed by atoms with E-state index in [0.29, 0.717) is 6.42 Å². The minimum absolute atomic E-state index is 0.610. The molecule has 14 heavy (non-hydrogen) atoms. The molecule has 0 saturated carbocycles. The third-order valence-corrected chi connectivity index (χ3v) is 2.60. The lowest BCUT2D eigenvalue weighted by Crippen LogP contribution is -1.85. The van der Waals surface area contributed by atoms with Gasteiger partial charge in [0.05, 0.1) is 6.07 Å². The van der Waals surface area contributed by atoms with Gasteiger partial charge in [-0.1, -0.05) is 18.7 Å². The van der Waals surface area contributed by atoms with E-state index in [0.717, 1.165) is 36.0 Å². The topological polar surface area (TPSA) is 65.4 Å². The molecule has 0 saturated heterocycles. The molecule has 1 heterocycles. The molecule has 0 fully saturated rings. The number of aryl methyl sites for hydroxylation is 1. The number of nitrogens with zero attached hydrogens (tertiary/aromatic N) is 3. The number of H-pyrrole nitrogens is 1. The molecular weight excluding hydrogens is 196 g/mol. The van der Waals surface area contributed by atoms with Gasteiger partial charge >= 0.3 is 0 Å². The van der Waals surface area contributed by atoms with Gasteiger partial charge in [0.25, 0.3) is 0 Å². The largest absolute Gasteiger partial charge is 0.262 e. The van der Waals surface area contributed by atoms with Crippen LogP contribution in [0.2, 0.25) is 0 Å². The first-order valence-corrected chi connectivity index (χ1v) is 5.76. The highest BCUT2D eigenvalue weighted by Crippen LogP contribution is 2.14. The number of aromatic amines is 1. The summed E-state index contributed by atoms with van der Waals surface area (Å²) >= 11 is 1.60. The van der Waals surface area contributed by atoms with E-state index in [1.165, 1.54) is 0 Å². The summed E-state index contributed by atoms with van der Waals surface area (Å²) in [4.78, 5) is 4.31. The summed E-state index contributed by atoms with van der Waals surface area (Å²) in [7, 11) is 0. The first kappa shape index (κ1) is 11.1. The number of nitriles is 1. The summed E-state index contributed by atoms with van der Waals surface area (Å²) in [5.74, 6) is 1.87. The Kier molecular flexibility index (Phi) is 5.08. The Balaban J connectivity index is 2.26. The molecule has 0 aliphatic carbocycles. The van der Waals surface area contributed by atoms with Gasteiger partial charge in [-0.25, -0.2) is 4.98 Å². The zero-order chi connectivity index (χ0) is 10.2. The maximum absolute atomic E-state index is 8.34. The van der Waals surface area contributed by atoms with Crippen LogP contribution in [0.1, 0.15) is 32.0 Å². The molecule has 1 aromatic rings. The summed E-state index contributed by atoms with van der Waals surface area (Å²) < 4.78 is 0. The fourth-order valence-electron chi connectivity index (χ4n) is 1.01. The summed E-state index contributed by atoms with van der Waals surface area (Å²) in [6, 6.07) is 2.12. The SMILES string of the molecule is CCCc1nc(SCCCC#N)n[nH]1. The normalized spacial score (nSPS) is 10.0. The maximum atomic E-state index is 8.34. The first-order valence-electron chi connectivity index (χ1n) is 4.78. The third kappa shape index (κ3) is 3.79. The van der Waals surface area contributed by atoms with Crippen LogP contribution in [0.4, 0.5) is 0 Å². The zero-order valence-electron chi connectivity index (χ0n) is 8.29. The monoisotopic (exact) mass is 210 g/mol. The van der Waals surface area contributed by atoms with E-state index < -0.39 is 0 Å². The van der Waals surface area contributed by atoms with Crippen molar-refractivity contribution < 1.29 is 0 Å². The third-order valence-electron chi connectivity index (χ3n) is 1.66. The van der Waals surface area contributed by atoms with Gasteiger partial charge in [-0.3, -0.25) is 5.10 Å². The number of thioether (sulfide) groups is 1. The molecule has 0 unspecified atom stereocenters. The fourth-order valence-corrected chi connectivity index (χ4v) is 1.76. The number of aromatic nitrogens is 3. The van der Waals surface area contributed by atoms with Crippen LogP contribution in [0, 0.1) is 11.3 Å². The highest BCUT2D eigenvalue weighted by molar-refractivity contribution is 7.99. The molecule has 0 atom stereocenters. The van der Waals surface area contributed by atoms with Crippen LogP contribution < -0.4 is 0 Å². The van der Waals surface area contributed by atoms with Crippen molar-refractivity contribution in [2.24, 2.45) is 0 Å². The van der Waals surface area contributed by atoms with Crippen LogP contribution in [0.25, 0.3) is 0 Å². The van der Waals surface area contributed by atoms with Crippen molar-refractivity contribution in [1.82, 2.24) is 15.2 Å². The van der Waals surface area contributed by atoms with Gasteiger partial charge in [0, 0.05) is 18.6 Å². The van der Waals surface area contributed by atoms with Crippen molar-refractivity contribution in [3.05, 3.63) is 5.82 Å². The minimum atomic E-state index is 0.610. The predicted octanol–water partition coefficient (Wildman–Crippen LogP) is 2.15. The summed E-state index contributed by atoms with van der Waals surface area (Å²) in [5, 5.41) is 16.1. The lowest BCUT2D eigenvalue weighted by Gasteiger charge is -1.91. The summed E-state index contributed by atoms with van der Waals surface area (Å²) in [6.45, 7) is 2.11. The van der Waals surface area contributed by atoms with Gasteiger partial charge in [0.15, 0.2) is 0 Å². The molecule has 0 bridgehead atoms. The quantitative estimate of drug-likeness (QED) is 0.577. The second-order valence-corrected chi connectivity index (χ2v) is 3.99. The maximum Gasteiger partial charge on any atom is 0.208 e. The number of hydrogen-bond donors (Lipinski definition) is 1. The van der Waals surface area contributed by atoms with Crippen molar-refractivity contribution in [3.63, 3.8) is 0 Å². The average Bonchev–Trinajstić information content (AvgIpc) is 2.61. The average molecular weight is 210 g/mol. The Hall–Kier alpha value is -1.02. The van der Waals surface area contributed by atoms with E-state index in [9.17, 15) is 0 Å². The molecule has 0 aliphatic rings. The summed E-state index contributed by atoms with van der Waals surface area (Å²) in [6.07, 6.45) is 3.54. The van der Waals surface area contributed by atoms with Gasteiger partial charge in [0.2, 0.25) is 5.16 Å². The lowest BCUT2D eigenvalue weighted by molar-refractivity contribution is 0.840. The molecule has 1 N–H and O–H groups in total. The molecule has 0 aromatic carbocycles. The molecule has 1 aromatic heterocycles. The highest BCUT2D eigenvalue weighted by atomic mass is 32.2. The predicted molar refractivity (Wildman–Crippen MR) is 55.9 cm³/mol. The van der Waals surface area contributed by atoms with Gasteiger partial charge in [-0.15, -0.1) is 5.10 Å². The molecule has 0 spiro atoms. The van der Waals surface area contributed by atoms with E-state index in [4.69, 9.17) is 5.26 Å². The van der Waals surface area contributed by atoms with Gasteiger partial charge in [-0.2, -0.15) is 5.26 Å². The van der Waals surface area contributed by atoms with Crippen LogP contribution in [0.5, 0.6) is 0 Å². The van der Waals surface area contributed by atoms with E-state index in [2.05, 4.69) is 28.2 Å². The van der Waals surface area contributed by atoms with Crippen LogP contribution in [-0.4, -0.2) is 20.9 Å². The number of rotatable bonds is 6. The van der Waals surface area contributed by atoms with Crippen LogP contribution in [0.3, 0.4) is 0 Å². The molecule has 0 radical (unpaired) electrons. The minimum Gasteiger partial charge on any atom is -0.262 e. The first-order chi connectivity index (χ1) is 6.86. The van der Waals surface area contributed by atoms with Gasteiger partial charge in [-0.05, 0) is 12.8 Å². The second kappa shape index (κ2) is 6.44. The van der Waals surface area contributed by atoms with E-state index in [-0.39, 0.29) is 0 Å². The standard InChI is InChI=1S/C9H14N4S/c1-2-5-8-11-9(13-12-8)14-7-4-3-6-10/h2-5,7H2,1H3,(H,11,12,13). The highest BCUT2D eigenvalue weighted by Gasteiger charge is 2.01. The Morgan fingerprint density at radius 2 is 2.43 bits per heavy atom. The Labute approximate surface area is 88.1 Å². The van der Waals surface area contributed by atoms with E-state index in [1.807, 2.05) is 0 Å². The van der Waals surface area contributed by atoms with E-state index >= 15 is 0 Å². The molecule has 0 amide bonds. The van der Waals surface area contributed by atoms with Crippen molar-refractivity contribution in [2.75, 3.05) is 5.75 Å². The van der Waals surface area contributed by atoms with Crippen molar-refractivity contribution in [3.8, 4) is 6.07 Å². The second-order valence-electron chi connectivity index (χ2n) is 2.92. The van der Waals surface area contributed by atoms with Crippen LogP contribution >= 0.6 is 11.8 Å². The number of hydrogen-bond acceptors (Lipinski definition) is 4. The Morgan fingerprint density at radius 1 is 1.57 bits per heavy atom. The Bertz CT molecular complexity index is 302. The molecule has 5 heteroatoms. The van der Waals surface area contributed by atoms with Crippen molar-refractivity contribution in [1.29, 1.82) is 5.26 Å². The summed E-state index contributed by atoms with van der Waals surface area (Å²) in [5.41, 5.74) is 0. The Morgan fingerprint density at radius 3 is 3.14 bits per heavy atom. The zero-order valence-corrected chi connectivity index (χ0v) is 9.10. The lowest BCUT2D eigenvalue weighted by atomic mass is 10.3. The van der Waals surface area contributed by atoms with E-state index in [1.54, 1.807) is 11.8 Å². The molecule has 1 rings (SSSR count). The van der Waals surface area contributed by atoms with Crippen LogP contribution in [-0.2, 0) is 6.42 Å². The van der Waals surface area contributed by atoms with Crippen molar-refractivity contribution in [2.45, 2.75) is 37.8 Å². The fraction of sp³-hybridized carbons (Fsp3) is 0.667. The number of nitrogens with one attached hydrogen (secondary N) is 1. The molecule has 76 valence electrons. The molecule has 4 nitrogen and oxygen atoms in total. The van der Waals surface area contributed by atoms with Crippen molar-refractivity contribution >= 4 is 11.8 Å². The van der Waals surface area contributed by atoms with Gasteiger partial charge in [0.1, 0.15) is 5.82 Å². The van der Waals surface area contributed by atoms with Crippen LogP contribution in [0.15, 0.2) is 5.16 Å². The van der Waals surface area contributed by atoms with Gasteiger partial charge < -0.3 is 0 Å². The smallest absolute Gasteiger partial charge is 0.208 e. The number of unbranched alkanes of at least 4 members (excludes halogenated alkanes) is 1.